The molecular formula is C26H24F4N6OS. The van der Waals surface area contributed by atoms with Crippen molar-refractivity contribution in [2.24, 2.45) is 0 Å². The maximum absolute atomic E-state index is 13.4. The number of urea groups is 1. The lowest BCUT2D eigenvalue weighted by molar-refractivity contribution is -0.140. The topological polar surface area (TPSA) is 73.4 Å². The number of carbonyl (C=O) groups excluding carboxylic acids is 1. The zero-order valence-electron chi connectivity index (χ0n) is 20.1. The number of pyridine rings is 2. The number of nitrogens with zero attached hydrogens (tertiary/aromatic N) is 4. The number of alkyl halides is 3. The van der Waals surface area contributed by atoms with Gasteiger partial charge in [0.2, 0.25) is 0 Å². The molecule has 3 aromatic heterocycles. The van der Waals surface area contributed by atoms with Crippen LogP contribution in [0.25, 0.3) is 22.0 Å². The Kier molecular flexibility index (Phi) is 7.43. The molecule has 1 aromatic carbocycles. The van der Waals surface area contributed by atoms with Gasteiger partial charge in [0.25, 0.3) is 0 Å². The molecule has 0 saturated carbocycles. The Morgan fingerprint density at radius 2 is 1.89 bits per heavy atom. The number of aromatic nitrogens is 2. The van der Waals surface area contributed by atoms with Gasteiger partial charge in [-0.1, -0.05) is 6.07 Å². The van der Waals surface area contributed by atoms with Crippen molar-refractivity contribution in [3.8, 4) is 11.1 Å². The van der Waals surface area contributed by atoms with Crippen LogP contribution in [0.2, 0.25) is 0 Å². The molecule has 0 radical (unpaired) electrons. The Morgan fingerprint density at radius 1 is 1.08 bits per heavy atom. The third-order valence-corrected chi connectivity index (χ3v) is 6.98. The van der Waals surface area contributed by atoms with Crippen molar-refractivity contribution in [3.05, 3.63) is 70.9 Å². The van der Waals surface area contributed by atoms with E-state index < -0.39 is 23.7 Å². The normalized spacial score (nSPS) is 14.6. The van der Waals surface area contributed by atoms with E-state index in [4.69, 9.17) is 0 Å². The van der Waals surface area contributed by atoms with Crippen molar-refractivity contribution in [2.45, 2.75) is 6.18 Å². The molecule has 0 unspecified atom stereocenters. The maximum atomic E-state index is 13.4. The summed E-state index contributed by atoms with van der Waals surface area (Å²) in [4.78, 5) is 24.9. The molecule has 1 aliphatic rings. The zero-order valence-corrected chi connectivity index (χ0v) is 20.9. The van der Waals surface area contributed by atoms with E-state index in [2.05, 4.69) is 30.4 Å². The Hall–Kier alpha value is -3.77. The first-order valence-corrected chi connectivity index (χ1v) is 12.9. The molecule has 2 amide bonds. The van der Waals surface area contributed by atoms with Crippen LogP contribution in [0.15, 0.2) is 59.4 Å². The second kappa shape index (κ2) is 10.9. The van der Waals surface area contributed by atoms with Gasteiger partial charge in [-0.15, -0.1) is 0 Å². The highest BCUT2D eigenvalue weighted by Crippen LogP contribution is 2.36. The summed E-state index contributed by atoms with van der Waals surface area (Å²) in [5.74, 6) is 0.174. The third-order valence-electron chi connectivity index (χ3n) is 6.30. The van der Waals surface area contributed by atoms with Crippen molar-refractivity contribution in [2.75, 3.05) is 49.5 Å². The quantitative estimate of drug-likeness (QED) is 0.316. The average molecular weight is 545 g/mol. The first-order chi connectivity index (χ1) is 18.3. The van der Waals surface area contributed by atoms with Crippen LogP contribution in [0.5, 0.6) is 0 Å². The van der Waals surface area contributed by atoms with E-state index in [1.54, 1.807) is 12.3 Å². The van der Waals surface area contributed by atoms with E-state index in [0.29, 0.717) is 61.7 Å². The van der Waals surface area contributed by atoms with Crippen LogP contribution in [0, 0.1) is 5.82 Å². The smallest absolute Gasteiger partial charge is 0.353 e. The number of nitrogens with one attached hydrogen (secondary N) is 2. The number of piperazine rings is 1. The highest BCUT2D eigenvalue weighted by molar-refractivity contribution is 7.08. The molecule has 5 rings (SSSR count). The van der Waals surface area contributed by atoms with Crippen LogP contribution >= 0.6 is 11.3 Å². The van der Waals surface area contributed by atoms with Gasteiger partial charge in [0.05, 0.1) is 5.52 Å². The van der Waals surface area contributed by atoms with Crippen molar-refractivity contribution >= 4 is 39.8 Å². The minimum absolute atomic E-state index is 0.277. The van der Waals surface area contributed by atoms with E-state index in [1.807, 2.05) is 16.8 Å². The summed E-state index contributed by atoms with van der Waals surface area (Å²) >= 11 is 1.46. The summed E-state index contributed by atoms with van der Waals surface area (Å²) in [6.07, 6.45) is -2.95. The maximum Gasteiger partial charge on any atom is 0.433 e. The van der Waals surface area contributed by atoms with E-state index in [9.17, 15) is 22.4 Å². The minimum atomic E-state index is -4.54. The molecule has 1 saturated heterocycles. The van der Waals surface area contributed by atoms with Gasteiger partial charge < -0.3 is 15.5 Å². The van der Waals surface area contributed by atoms with Crippen LogP contribution < -0.4 is 15.5 Å². The molecule has 1 fully saturated rings. The summed E-state index contributed by atoms with van der Waals surface area (Å²) in [5.41, 5.74) is 1.07. The fourth-order valence-electron chi connectivity index (χ4n) is 4.39. The summed E-state index contributed by atoms with van der Waals surface area (Å²) in [5, 5.41) is 9.66. The van der Waals surface area contributed by atoms with Crippen molar-refractivity contribution in [1.82, 2.24) is 20.2 Å². The summed E-state index contributed by atoms with van der Waals surface area (Å²) in [6, 6.07) is 9.54. The van der Waals surface area contributed by atoms with Crippen molar-refractivity contribution in [1.29, 1.82) is 0 Å². The standard InChI is InChI=1S/C26H24F4N6OS/c27-18-2-1-3-19(14-18)33-25(37)31-7-8-35-9-11-36(12-10-35)24-20-4-5-22(26(28,29)30)34-23(20)21(15-32-24)17-6-13-38-16-17/h1-6,13-16H,7-12H2,(H2,31,33,37). The average Bonchev–Trinajstić information content (AvgIpc) is 3.42. The molecule has 0 bridgehead atoms. The molecule has 0 aliphatic carbocycles. The first-order valence-electron chi connectivity index (χ1n) is 12.0. The first kappa shape index (κ1) is 25.9. The number of fused-ring (bicyclic) bond motifs is 1. The molecule has 0 spiro atoms. The van der Waals surface area contributed by atoms with Crippen molar-refractivity contribution in [3.63, 3.8) is 0 Å². The Morgan fingerprint density at radius 3 is 2.61 bits per heavy atom. The minimum Gasteiger partial charge on any atom is -0.353 e. The predicted octanol–water partition coefficient (Wildman–Crippen LogP) is 5.46. The van der Waals surface area contributed by atoms with Gasteiger partial charge >= 0.3 is 12.2 Å². The molecule has 4 aromatic rings. The second-order valence-electron chi connectivity index (χ2n) is 8.82. The number of amides is 2. The number of anilines is 2. The fraction of sp³-hybridized carbons (Fsp3) is 0.269. The van der Waals surface area contributed by atoms with Gasteiger partial charge in [0.15, 0.2) is 0 Å². The zero-order chi connectivity index (χ0) is 26.7. The monoisotopic (exact) mass is 544 g/mol. The van der Waals surface area contributed by atoms with E-state index >= 15 is 0 Å². The lowest BCUT2D eigenvalue weighted by Crippen LogP contribution is -2.49. The molecule has 1 aliphatic heterocycles. The van der Waals surface area contributed by atoms with Gasteiger partial charge in [-0.25, -0.2) is 19.2 Å². The number of thiophene rings is 1. The Balaban J connectivity index is 1.23. The van der Waals surface area contributed by atoms with Crippen LogP contribution in [-0.2, 0) is 6.18 Å². The SMILES string of the molecule is O=C(NCCN1CCN(c2ncc(-c3ccsc3)c3nc(C(F)(F)F)ccc23)CC1)Nc1cccc(F)c1. The number of carbonyl (C=O) groups is 1. The predicted molar refractivity (Wildman–Crippen MR) is 140 cm³/mol. The van der Waals surface area contributed by atoms with E-state index in [-0.39, 0.29) is 5.52 Å². The van der Waals surface area contributed by atoms with Gasteiger partial charge in [0.1, 0.15) is 17.3 Å². The molecule has 4 heterocycles. The number of rotatable bonds is 6. The van der Waals surface area contributed by atoms with Crippen LogP contribution in [0.3, 0.4) is 0 Å². The number of hydrogen-bond acceptors (Lipinski definition) is 6. The molecular weight excluding hydrogens is 520 g/mol. The van der Waals surface area contributed by atoms with Crippen LogP contribution in [0.4, 0.5) is 33.9 Å². The Labute approximate surface area is 220 Å². The van der Waals surface area contributed by atoms with Gasteiger partial charge in [-0.05, 0) is 52.7 Å². The lowest BCUT2D eigenvalue weighted by atomic mass is 10.1. The van der Waals surface area contributed by atoms with Crippen LogP contribution in [0.1, 0.15) is 5.69 Å². The third kappa shape index (κ3) is 5.86. The van der Waals surface area contributed by atoms with Crippen LogP contribution in [-0.4, -0.2) is 60.2 Å². The fourth-order valence-corrected chi connectivity index (χ4v) is 5.05. The lowest BCUT2D eigenvalue weighted by Gasteiger charge is -2.36. The Bertz CT molecular complexity index is 1420. The number of hydrogen-bond donors (Lipinski definition) is 2. The second-order valence-corrected chi connectivity index (χ2v) is 9.60. The van der Waals surface area contributed by atoms with E-state index in [0.717, 1.165) is 11.6 Å². The van der Waals surface area contributed by atoms with E-state index in [1.165, 1.54) is 35.6 Å². The molecule has 198 valence electrons. The van der Waals surface area contributed by atoms with Gasteiger partial charge in [-0.2, -0.15) is 24.5 Å². The summed E-state index contributed by atoms with van der Waals surface area (Å²) in [7, 11) is 0. The van der Waals surface area contributed by atoms with Gasteiger partial charge in [0, 0.05) is 62.1 Å². The van der Waals surface area contributed by atoms with Crippen molar-refractivity contribution < 1.29 is 22.4 Å². The molecule has 12 heteroatoms. The summed E-state index contributed by atoms with van der Waals surface area (Å²) < 4.78 is 53.6. The molecule has 0 atom stereocenters. The molecule has 2 N–H and O–H groups in total. The molecule has 7 nitrogen and oxygen atoms in total. The largest absolute Gasteiger partial charge is 0.433 e. The number of halogens is 4. The summed E-state index contributed by atoms with van der Waals surface area (Å²) in [6.45, 7) is 3.65. The highest BCUT2D eigenvalue weighted by atomic mass is 32.1. The molecule has 38 heavy (non-hydrogen) atoms. The van der Waals surface area contributed by atoms with Gasteiger partial charge in [-0.3, -0.25) is 4.90 Å². The highest BCUT2D eigenvalue weighted by Gasteiger charge is 2.33. The number of benzene rings is 1.